The van der Waals surface area contributed by atoms with Gasteiger partial charge in [0.15, 0.2) is 5.76 Å². The number of nitrogens with one attached hydrogen (secondary N) is 1. The Hall–Kier alpha value is -2.60. The van der Waals surface area contributed by atoms with Crippen LogP contribution in [-0.2, 0) is 7.05 Å². The number of fused-ring (bicyclic) bond motifs is 1. The van der Waals surface area contributed by atoms with Crippen molar-refractivity contribution in [3.63, 3.8) is 0 Å². The molecule has 2 heterocycles. The maximum absolute atomic E-state index is 12.7. The summed E-state index contributed by atoms with van der Waals surface area (Å²) in [5.41, 5.74) is 2.77. The summed E-state index contributed by atoms with van der Waals surface area (Å²) >= 11 is 0. The van der Waals surface area contributed by atoms with Crippen molar-refractivity contribution in [2.75, 3.05) is 0 Å². The van der Waals surface area contributed by atoms with Gasteiger partial charge in [-0.05, 0) is 43.9 Å². The standard InChI is InChI=1S/C19H21N3O3/c1-11-3-4-16-12(5-11)8-17(25-16)19(24)21-18(13-6-15(23)7-13)14-9-20-22(2)10-14/h3-5,8-10,13,15,18,23H,6-7H2,1-2H3,(H,21,24). The molecule has 1 aliphatic rings. The van der Waals surface area contributed by atoms with Crippen molar-refractivity contribution in [3.8, 4) is 0 Å². The first kappa shape index (κ1) is 15.9. The first-order valence-electron chi connectivity index (χ1n) is 8.47. The van der Waals surface area contributed by atoms with Gasteiger partial charge in [0, 0.05) is 24.2 Å². The zero-order chi connectivity index (χ0) is 17.6. The zero-order valence-corrected chi connectivity index (χ0v) is 14.3. The molecule has 0 saturated heterocycles. The van der Waals surface area contributed by atoms with Gasteiger partial charge < -0.3 is 14.8 Å². The maximum atomic E-state index is 12.7. The molecule has 6 nitrogen and oxygen atoms in total. The second-order valence-electron chi connectivity index (χ2n) is 6.94. The summed E-state index contributed by atoms with van der Waals surface area (Å²) in [6, 6.07) is 7.42. The number of rotatable bonds is 4. The zero-order valence-electron chi connectivity index (χ0n) is 14.3. The summed E-state index contributed by atoms with van der Waals surface area (Å²) in [5, 5.41) is 17.8. The van der Waals surface area contributed by atoms with Crippen molar-refractivity contribution in [1.29, 1.82) is 0 Å². The van der Waals surface area contributed by atoms with Crippen LogP contribution in [0.2, 0.25) is 0 Å². The Morgan fingerprint density at radius 1 is 1.40 bits per heavy atom. The minimum absolute atomic E-state index is 0.181. The van der Waals surface area contributed by atoms with Gasteiger partial charge in [-0.15, -0.1) is 0 Å². The van der Waals surface area contributed by atoms with E-state index in [9.17, 15) is 9.90 Å². The van der Waals surface area contributed by atoms with E-state index in [1.807, 2.05) is 38.4 Å². The Labute approximate surface area is 145 Å². The molecule has 3 aromatic rings. The quantitative estimate of drug-likeness (QED) is 0.766. The van der Waals surface area contributed by atoms with Gasteiger partial charge in [0.2, 0.25) is 0 Å². The molecule has 1 fully saturated rings. The third-order valence-electron chi connectivity index (χ3n) is 4.89. The van der Waals surface area contributed by atoms with Crippen molar-refractivity contribution >= 4 is 16.9 Å². The van der Waals surface area contributed by atoms with E-state index in [1.54, 1.807) is 16.9 Å². The van der Waals surface area contributed by atoms with Crippen molar-refractivity contribution in [2.24, 2.45) is 13.0 Å². The molecule has 4 rings (SSSR count). The number of aryl methyl sites for hydroxylation is 2. The number of carbonyl (C=O) groups is 1. The van der Waals surface area contributed by atoms with Gasteiger partial charge in [0.05, 0.1) is 18.3 Å². The Balaban J connectivity index is 1.58. The predicted molar refractivity (Wildman–Crippen MR) is 93.1 cm³/mol. The second kappa shape index (κ2) is 6.04. The average Bonchev–Trinajstić information content (AvgIpc) is 3.15. The molecule has 0 radical (unpaired) electrons. The molecule has 2 N–H and O–H groups in total. The highest BCUT2D eigenvalue weighted by Gasteiger charge is 2.36. The molecule has 1 unspecified atom stereocenters. The number of hydrogen-bond donors (Lipinski definition) is 2. The molecule has 6 heteroatoms. The van der Waals surface area contributed by atoms with Crippen molar-refractivity contribution in [2.45, 2.75) is 31.9 Å². The molecule has 2 aromatic heterocycles. The lowest BCUT2D eigenvalue weighted by molar-refractivity contribution is 0.0232. The third-order valence-corrected chi connectivity index (χ3v) is 4.89. The smallest absolute Gasteiger partial charge is 0.287 e. The van der Waals surface area contributed by atoms with E-state index in [2.05, 4.69) is 10.4 Å². The Kier molecular flexibility index (Phi) is 3.84. The topological polar surface area (TPSA) is 80.3 Å². The Morgan fingerprint density at radius 2 is 2.20 bits per heavy atom. The summed E-state index contributed by atoms with van der Waals surface area (Å²) < 4.78 is 7.41. The molecule has 1 atom stereocenters. The minimum atomic E-state index is -0.282. The van der Waals surface area contributed by atoms with E-state index in [-0.39, 0.29) is 24.0 Å². The van der Waals surface area contributed by atoms with Crippen molar-refractivity contribution in [3.05, 3.63) is 53.5 Å². The van der Waals surface area contributed by atoms with E-state index in [1.165, 1.54) is 0 Å². The third kappa shape index (κ3) is 3.05. The van der Waals surface area contributed by atoms with E-state index in [0.717, 1.165) is 16.5 Å². The lowest BCUT2D eigenvalue weighted by atomic mass is 9.75. The molecule has 25 heavy (non-hydrogen) atoms. The van der Waals surface area contributed by atoms with Crippen LogP contribution in [0.4, 0.5) is 0 Å². The number of hydrogen-bond acceptors (Lipinski definition) is 4. The van der Waals surface area contributed by atoms with Crippen LogP contribution in [0.25, 0.3) is 11.0 Å². The SMILES string of the molecule is Cc1ccc2oc(C(=O)NC(c3cnn(C)c3)C3CC(O)C3)cc2c1. The molecule has 0 bridgehead atoms. The van der Waals surface area contributed by atoms with E-state index in [0.29, 0.717) is 24.2 Å². The fourth-order valence-corrected chi connectivity index (χ4v) is 3.46. The number of aliphatic hydroxyl groups is 1. The molecular formula is C19H21N3O3. The van der Waals surface area contributed by atoms with Crippen LogP contribution >= 0.6 is 0 Å². The average molecular weight is 339 g/mol. The highest BCUT2D eigenvalue weighted by molar-refractivity contribution is 5.96. The molecule has 1 aromatic carbocycles. The number of amides is 1. The minimum Gasteiger partial charge on any atom is -0.451 e. The van der Waals surface area contributed by atoms with Crippen LogP contribution in [-0.4, -0.2) is 26.9 Å². The van der Waals surface area contributed by atoms with Gasteiger partial charge >= 0.3 is 0 Å². The van der Waals surface area contributed by atoms with Crippen LogP contribution in [0.1, 0.15) is 40.6 Å². The monoisotopic (exact) mass is 339 g/mol. The molecule has 1 amide bonds. The number of carbonyl (C=O) groups excluding carboxylic acids is 1. The summed E-state index contributed by atoms with van der Waals surface area (Å²) in [5.74, 6) is 0.258. The lowest BCUT2D eigenvalue weighted by Gasteiger charge is -2.37. The number of furan rings is 1. The fraction of sp³-hybridized carbons (Fsp3) is 0.368. The van der Waals surface area contributed by atoms with Gasteiger partial charge in [-0.3, -0.25) is 9.48 Å². The number of aromatic nitrogens is 2. The Morgan fingerprint density at radius 3 is 2.88 bits per heavy atom. The first-order chi connectivity index (χ1) is 12.0. The van der Waals surface area contributed by atoms with Crippen LogP contribution in [0.5, 0.6) is 0 Å². The van der Waals surface area contributed by atoms with Crippen LogP contribution < -0.4 is 5.32 Å². The van der Waals surface area contributed by atoms with E-state index in [4.69, 9.17) is 4.42 Å². The van der Waals surface area contributed by atoms with Gasteiger partial charge in [-0.25, -0.2) is 0 Å². The molecular weight excluding hydrogens is 318 g/mol. The normalized spacial score (nSPS) is 21.1. The summed E-state index contributed by atoms with van der Waals surface area (Å²) in [7, 11) is 1.85. The maximum Gasteiger partial charge on any atom is 0.287 e. The Bertz CT molecular complexity index is 921. The fourth-order valence-electron chi connectivity index (χ4n) is 3.46. The van der Waals surface area contributed by atoms with Crippen LogP contribution in [0.3, 0.4) is 0 Å². The van der Waals surface area contributed by atoms with Gasteiger partial charge in [-0.2, -0.15) is 5.10 Å². The van der Waals surface area contributed by atoms with Gasteiger partial charge in [-0.1, -0.05) is 11.6 Å². The molecule has 0 aliphatic heterocycles. The number of benzene rings is 1. The summed E-state index contributed by atoms with van der Waals surface area (Å²) in [6.07, 6.45) is 4.74. The highest BCUT2D eigenvalue weighted by atomic mass is 16.3. The van der Waals surface area contributed by atoms with Crippen LogP contribution in [0, 0.1) is 12.8 Å². The summed E-state index contributed by atoms with van der Waals surface area (Å²) in [6.45, 7) is 2.01. The highest BCUT2D eigenvalue weighted by Crippen LogP contribution is 2.38. The van der Waals surface area contributed by atoms with Crippen molar-refractivity contribution < 1.29 is 14.3 Å². The van der Waals surface area contributed by atoms with Gasteiger partial charge in [0.1, 0.15) is 5.58 Å². The van der Waals surface area contributed by atoms with E-state index >= 15 is 0 Å². The molecule has 1 aliphatic carbocycles. The first-order valence-corrected chi connectivity index (χ1v) is 8.47. The predicted octanol–water partition coefficient (Wildman–Crippen LogP) is 2.72. The molecule has 1 saturated carbocycles. The largest absolute Gasteiger partial charge is 0.451 e. The number of aliphatic hydroxyl groups excluding tert-OH is 1. The van der Waals surface area contributed by atoms with Gasteiger partial charge in [0.25, 0.3) is 5.91 Å². The lowest BCUT2D eigenvalue weighted by Crippen LogP contribution is -2.41. The summed E-state index contributed by atoms with van der Waals surface area (Å²) in [4.78, 5) is 12.7. The van der Waals surface area contributed by atoms with E-state index < -0.39 is 0 Å². The van der Waals surface area contributed by atoms with Crippen LogP contribution in [0.15, 0.2) is 41.1 Å². The molecule has 0 spiro atoms. The molecule has 130 valence electrons. The van der Waals surface area contributed by atoms with Crippen molar-refractivity contribution in [1.82, 2.24) is 15.1 Å². The second-order valence-corrected chi connectivity index (χ2v) is 6.94. The number of nitrogens with zero attached hydrogens (tertiary/aromatic N) is 2.